The van der Waals surface area contributed by atoms with Crippen molar-refractivity contribution < 1.29 is 115 Å². The third kappa shape index (κ3) is 12.8. The van der Waals surface area contributed by atoms with E-state index in [0.29, 0.717) is 11.3 Å². The van der Waals surface area contributed by atoms with E-state index in [1.165, 1.54) is 4.73 Å². The molecule has 0 radical (unpaired) electrons. The van der Waals surface area contributed by atoms with Crippen LogP contribution in [0.5, 0.6) is 5.75 Å². The number of benzene rings is 5. The molecule has 4 nitrogen and oxygen atoms in total. The standard InChI is InChI=1S/C32H12BF24.C11H8N3O/c34-25(35,36)13-1-14(26(37,38)39)6-21(5-13)33(22-7-15(27(40,41)42)2-16(8-22)28(43,44)45,23-9-17(29(46,47)48)3-18(10-23)30(49,50)51)24-11-19(31(52,53)54)4-20(12-24)32(55,56)57;12-9-10-1-3-11(4-2-10)15-14-7-5-13-6-8-14/h1-12H;1-8H/q-1;+1. The number of nitriles is 1. The highest BCUT2D eigenvalue weighted by molar-refractivity contribution is 7.20. The molecule has 0 aliphatic rings. The van der Waals surface area contributed by atoms with E-state index in [1.54, 1.807) is 49.1 Å². The Kier molecular flexibility index (Phi) is 14.8. The molecule has 5 aromatic carbocycles. The number of alkyl halides is 24. The van der Waals surface area contributed by atoms with Crippen LogP contribution in [0.2, 0.25) is 0 Å². The first-order valence-electron chi connectivity index (χ1n) is 19.0. The van der Waals surface area contributed by atoms with E-state index in [1.807, 2.05) is 6.07 Å². The van der Waals surface area contributed by atoms with Crippen molar-refractivity contribution in [1.82, 2.24) is 4.98 Å². The van der Waals surface area contributed by atoms with E-state index < -0.39 is 195 Å². The molecular formula is C43H20BF24N3O. The summed E-state index contributed by atoms with van der Waals surface area (Å²) >= 11 is 0. The molecule has 0 bridgehead atoms. The van der Waals surface area contributed by atoms with Gasteiger partial charge in [-0.2, -0.15) is 132 Å². The fourth-order valence-electron chi connectivity index (χ4n) is 7.15. The quantitative estimate of drug-likeness (QED) is 0.0949. The third-order valence-corrected chi connectivity index (χ3v) is 10.2. The van der Waals surface area contributed by atoms with Gasteiger partial charge in [0.2, 0.25) is 18.1 Å². The van der Waals surface area contributed by atoms with Gasteiger partial charge in [0.05, 0.1) is 68.5 Å². The maximum absolute atomic E-state index is 14.2. The molecule has 0 amide bonds. The average Bonchev–Trinajstić information content (AvgIpc) is 3.25. The van der Waals surface area contributed by atoms with Gasteiger partial charge in [-0.3, -0.25) is 4.98 Å². The molecule has 0 aliphatic heterocycles. The van der Waals surface area contributed by atoms with E-state index in [4.69, 9.17) is 10.1 Å². The molecule has 6 aromatic rings. The van der Waals surface area contributed by atoms with Crippen LogP contribution in [0.15, 0.2) is 122 Å². The zero-order valence-electron chi connectivity index (χ0n) is 34.4. The van der Waals surface area contributed by atoms with Crippen molar-refractivity contribution in [2.45, 2.75) is 49.4 Å². The van der Waals surface area contributed by atoms with E-state index in [-0.39, 0.29) is 0 Å². The molecule has 0 saturated heterocycles. The number of halogens is 24. The van der Waals surface area contributed by atoms with Gasteiger partial charge in [0.1, 0.15) is 6.15 Å². The van der Waals surface area contributed by atoms with E-state index >= 15 is 0 Å². The van der Waals surface area contributed by atoms with Crippen LogP contribution < -0.4 is 31.4 Å². The second-order valence-electron chi connectivity index (χ2n) is 15.1. The first-order valence-corrected chi connectivity index (χ1v) is 19.0. The summed E-state index contributed by atoms with van der Waals surface area (Å²) in [4.78, 5) is 9.32. The molecule has 6 rings (SSSR count). The van der Waals surface area contributed by atoms with Crippen LogP contribution in [0.3, 0.4) is 0 Å². The lowest BCUT2D eigenvalue weighted by Crippen LogP contribution is -2.75. The third-order valence-electron chi connectivity index (χ3n) is 10.2. The maximum Gasteiger partial charge on any atom is 0.416 e. The molecule has 1 heterocycles. The Hall–Kier alpha value is -7.15. The summed E-state index contributed by atoms with van der Waals surface area (Å²) in [6.07, 6.45) is -48.2. The highest BCUT2D eigenvalue weighted by Gasteiger charge is 2.47. The van der Waals surface area contributed by atoms with Gasteiger partial charge >= 0.3 is 49.4 Å². The molecule has 29 heteroatoms. The van der Waals surface area contributed by atoms with Crippen LogP contribution in [0.25, 0.3) is 0 Å². The minimum atomic E-state index is -6.13. The minimum Gasteiger partial charge on any atom is -0.252 e. The van der Waals surface area contributed by atoms with Crippen LogP contribution in [-0.4, -0.2) is 11.1 Å². The number of rotatable bonds is 6. The maximum atomic E-state index is 14.2. The fourth-order valence-corrected chi connectivity index (χ4v) is 7.15. The lowest BCUT2D eigenvalue weighted by molar-refractivity contribution is -0.875. The van der Waals surface area contributed by atoms with Crippen molar-refractivity contribution in [2.75, 3.05) is 0 Å². The van der Waals surface area contributed by atoms with Crippen LogP contribution in [-0.2, 0) is 49.4 Å². The highest BCUT2D eigenvalue weighted by atomic mass is 19.4. The van der Waals surface area contributed by atoms with Crippen LogP contribution in [0.4, 0.5) is 105 Å². The molecule has 0 unspecified atom stereocenters. The Morgan fingerprint density at radius 1 is 0.361 bits per heavy atom. The Labute approximate surface area is 386 Å². The summed E-state index contributed by atoms with van der Waals surface area (Å²) in [5.74, 6) is 0.671. The predicted molar refractivity (Wildman–Crippen MR) is 202 cm³/mol. The summed E-state index contributed by atoms with van der Waals surface area (Å²) in [5.41, 5.74) is -29.6. The Morgan fingerprint density at radius 2 is 0.583 bits per heavy atom. The summed E-state index contributed by atoms with van der Waals surface area (Å²) in [6, 6.07) is 0.130. The van der Waals surface area contributed by atoms with Crippen molar-refractivity contribution in [1.29, 1.82) is 5.26 Å². The van der Waals surface area contributed by atoms with Crippen LogP contribution in [0.1, 0.15) is 50.1 Å². The summed E-state index contributed by atoms with van der Waals surface area (Å²) in [6.45, 7) is 0. The topological polar surface area (TPSA) is 49.8 Å². The predicted octanol–water partition coefficient (Wildman–Crippen LogP) is 12.3. The monoisotopic (exact) mass is 1060 g/mol. The van der Waals surface area contributed by atoms with Crippen LogP contribution in [0, 0.1) is 11.3 Å². The first-order chi connectivity index (χ1) is 32.6. The zero-order valence-corrected chi connectivity index (χ0v) is 34.4. The number of hydrogen-bond acceptors (Lipinski definition) is 3. The number of aromatic nitrogens is 2. The van der Waals surface area contributed by atoms with Gasteiger partial charge in [-0.05, 0) is 48.5 Å². The lowest BCUT2D eigenvalue weighted by Gasteiger charge is -2.46. The summed E-state index contributed by atoms with van der Waals surface area (Å²) < 4.78 is 342. The lowest BCUT2D eigenvalue weighted by atomic mass is 9.12. The fraction of sp³-hybridized carbons (Fsp3) is 0.186. The summed E-state index contributed by atoms with van der Waals surface area (Å²) in [7, 11) is 0. The van der Waals surface area contributed by atoms with Crippen molar-refractivity contribution >= 4 is 28.0 Å². The molecule has 0 N–H and O–H groups in total. The van der Waals surface area contributed by atoms with Crippen molar-refractivity contribution in [3.8, 4) is 11.8 Å². The molecule has 0 aliphatic carbocycles. The van der Waals surface area contributed by atoms with Crippen molar-refractivity contribution in [2.24, 2.45) is 0 Å². The molecule has 1 aromatic heterocycles. The van der Waals surface area contributed by atoms with E-state index in [9.17, 15) is 105 Å². The molecule has 0 fully saturated rings. The second-order valence-corrected chi connectivity index (χ2v) is 15.1. The second kappa shape index (κ2) is 19.1. The Morgan fingerprint density at radius 3 is 0.778 bits per heavy atom. The smallest absolute Gasteiger partial charge is 0.252 e. The SMILES string of the molecule is FC(F)(F)c1cc([B-](c2cc(C(F)(F)F)cc(C(F)(F)F)c2)(c2cc(C(F)(F)F)cc(C(F)(F)F)c2)c2cc(C(F)(F)F)cc(C(F)(F)F)c2)cc(C(F)(F)F)c1.N#Cc1ccc(O[n+]2ccncc2)cc1. The van der Waals surface area contributed by atoms with Crippen LogP contribution >= 0.6 is 0 Å². The molecule has 72 heavy (non-hydrogen) atoms. The van der Waals surface area contributed by atoms with Gasteiger partial charge in [0.15, 0.2) is 0 Å². The Balaban J connectivity index is 0.000000542. The van der Waals surface area contributed by atoms with E-state index in [0.717, 1.165) is 0 Å². The molecule has 384 valence electrons. The van der Waals surface area contributed by atoms with Crippen molar-refractivity contribution in [3.05, 3.63) is 172 Å². The first kappa shape index (κ1) is 55.8. The highest BCUT2D eigenvalue weighted by Crippen LogP contribution is 2.41. The van der Waals surface area contributed by atoms with Gasteiger partial charge < -0.3 is 0 Å². The van der Waals surface area contributed by atoms with Crippen molar-refractivity contribution in [3.63, 3.8) is 0 Å². The van der Waals surface area contributed by atoms with Gasteiger partial charge in [-0.25, -0.2) is 4.84 Å². The Bertz CT molecular complexity index is 2510. The molecule has 0 atom stereocenters. The minimum absolute atomic E-state index is 0.613. The van der Waals surface area contributed by atoms with Gasteiger partial charge in [0, 0.05) is 4.73 Å². The number of hydrogen-bond donors (Lipinski definition) is 0. The molecule has 0 spiro atoms. The van der Waals surface area contributed by atoms with Gasteiger partial charge in [-0.15, -0.1) is 0 Å². The zero-order chi connectivity index (χ0) is 54.4. The normalized spacial score (nSPS) is 13.3. The molecule has 0 saturated carbocycles. The van der Waals surface area contributed by atoms with E-state index in [2.05, 4.69) is 4.98 Å². The van der Waals surface area contributed by atoms with Gasteiger partial charge in [0.25, 0.3) is 0 Å². The average molecular weight is 1060 g/mol. The van der Waals surface area contributed by atoms with Gasteiger partial charge in [-0.1, -0.05) is 48.5 Å². The largest absolute Gasteiger partial charge is 0.416 e. The number of nitrogens with zero attached hydrogens (tertiary/aromatic N) is 3. The molecular weight excluding hydrogens is 1040 g/mol. The summed E-state index contributed by atoms with van der Waals surface area (Å²) in [5, 5.41) is 8.61.